The molecule has 0 aliphatic carbocycles. The summed E-state index contributed by atoms with van der Waals surface area (Å²) in [5, 5.41) is 0.424. The van der Waals surface area contributed by atoms with Gasteiger partial charge in [0.05, 0.1) is 34.4 Å². The highest BCUT2D eigenvalue weighted by Crippen LogP contribution is 2.27. The second-order valence-corrected chi connectivity index (χ2v) is 11.3. The van der Waals surface area contributed by atoms with Crippen LogP contribution in [0.3, 0.4) is 0 Å². The van der Waals surface area contributed by atoms with Crippen LogP contribution >= 0.6 is 23.2 Å². The van der Waals surface area contributed by atoms with Gasteiger partial charge < -0.3 is 9.47 Å². The van der Waals surface area contributed by atoms with Gasteiger partial charge in [0.25, 0.3) is 0 Å². The Balaban J connectivity index is 2.31. The van der Waals surface area contributed by atoms with Crippen LogP contribution in [0.1, 0.15) is 163 Å². The van der Waals surface area contributed by atoms with E-state index >= 15 is 0 Å². The summed E-state index contributed by atoms with van der Waals surface area (Å²) in [6.07, 6.45) is 24.2. The summed E-state index contributed by atoms with van der Waals surface area (Å²) in [6, 6.07) is 2.81. The smallest absolute Gasteiger partial charge is 0.339 e. The number of ether oxygens (including phenoxy) is 2. The van der Waals surface area contributed by atoms with Gasteiger partial charge >= 0.3 is 11.9 Å². The van der Waals surface area contributed by atoms with Crippen LogP contribution in [0.25, 0.3) is 0 Å². The van der Waals surface area contributed by atoms with Crippen molar-refractivity contribution in [1.82, 2.24) is 0 Å². The molecule has 0 bridgehead atoms. The number of rotatable bonds is 24. The van der Waals surface area contributed by atoms with Crippen molar-refractivity contribution in [1.29, 1.82) is 0 Å². The molecule has 0 atom stereocenters. The van der Waals surface area contributed by atoms with E-state index < -0.39 is 11.9 Å². The fourth-order valence-electron chi connectivity index (χ4n) is 4.55. The molecule has 0 amide bonds. The lowest BCUT2D eigenvalue weighted by Crippen LogP contribution is -2.15. The highest BCUT2D eigenvalue weighted by Gasteiger charge is 2.22. The molecule has 1 aromatic carbocycles. The first-order chi connectivity index (χ1) is 18.5. The van der Waals surface area contributed by atoms with Crippen LogP contribution in [-0.4, -0.2) is 25.2 Å². The first-order valence-electron chi connectivity index (χ1n) is 15.3. The molecular formula is C32H52Cl2O4. The Morgan fingerprint density at radius 1 is 0.500 bits per heavy atom. The Kier molecular flexibility index (Phi) is 21.6. The summed E-state index contributed by atoms with van der Waals surface area (Å²) in [7, 11) is 0. The van der Waals surface area contributed by atoms with Crippen LogP contribution < -0.4 is 0 Å². The number of unbranched alkanes of at least 4 members (excludes halogenated alkanes) is 18. The largest absolute Gasteiger partial charge is 0.462 e. The van der Waals surface area contributed by atoms with Crippen LogP contribution in [0.15, 0.2) is 12.1 Å². The summed E-state index contributed by atoms with van der Waals surface area (Å²) < 4.78 is 10.9. The van der Waals surface area contributed by atoms with Crippen LogP contribution in [0.5, 0.6) is 0 Å². The standard InChI is InChI=1S/C32H52Cl2O4/c1-3-5-7-9-11-13-15-17-19-21-23-37-31(35)27-25-29(33)30(34)26-28(27)32(36)38-24-22-20-18-16-14-12-10-8-6-4-2/h25-26H,3-24H2,1-2H3. The number of benzene rings is 1. The van der Waals surface area contributed by atoms with Crippen molar-refractivity contribution >= 4 is 35.1 Å². The van der Waals surface area contributed by atoms with Gasteiger partial charge in [0, 0.05) is 0 Å². The van der Waals surface area contributed by atoms with Gasteiger partial charge in [0.1, 0.15) is 0 Å². The van der Waals surface area contributed by atoms with Gasteiger partial charge in [-0.15, -0.1) is 0 Å². The highest BCUT2D eigenvalue weighted by molar-refractivity contribution is 6.42. The van der Waals surface area contributed by atoms with Crippen LogP contribution in [0.4, 0.5) is 0 Å². The van der Waals surface area contributed by atoms with Gasteiger partial charge in [-0.3, -0.25) is 0 Å². The number of carbonyl (C=O) groups excluding carboxylic acids is 2. The van der Waals surface area contributed by atoms with E-state index in [0.29, 0.717) is 13.2 Å². The normalized spacial score (nSPS) is 11.1. The number of esters is 2. The Morgan fingerprint density at radius 3 is 1.05 bits per heavy atom. The van der Waals surface area contributed by atoms with Crippen LogP contribution in [0.2, 0.25) is 10.0 Å². The molecular weight excluding hydrogens is 519 g/mol. The maximum atomic E-state index is 12.7. The van der Waals surface area contributed by atoms with Gasteiger partial charge in [-0.2, -0.15) is 0 Å². The maximum absolute atomic E-state index is 12.7. The predicted octanol–water partition coefficient (Wildman–Crippen LogP) is 11.1. The summed E-state index contributed by atoms with van der Waals surface area (Å²) in [6.45, 7) is 5.12. The van der Waals surface area contributed by atoms with Crippen molar-refractivity contribution in [2.24, 2.45) is 0 Å². The number of carbonyl (C=O) groups is 2. The number of hydrogen-bond donors (Lipinski definition) is 0. The molecule has 218 valence electrons. The van der Waals surface area contributed by atoms with Crippen molar-refractivity contribution in [2.45, 2.75) is 142 Å². The molecule has 0 spiro atoms. The monoisotopic (exact) mass is 570 g/mol. The minimum Gasteiger partial charge on any atom is -0.462 e. The maximum Gasteiger partial charge on any atom is 0.339 e. The summed E-state index contributed by atoms with van der Waals surface area (Å²) in [4.78, 5) is 25.4. The van der Waals surface area contributed by atoms with Gasteiger partial charge in [0.2, 0.25) is 0 Å². The second kappa shape index (κ2) is 23.6. The molecule has 0 aromatic heterocycles. The van der Waals surface area contributed by atoms with Gasteiger partial charge in [0.15, 0.2) is 0 Å². The molecule has 0 heterocycles. The third-order valence-corrected chi connectivity index (χ3v) is 7.68. The topological polar surface area (TPSA) is 52.6 Å². The molecule has 0 N–H and O–H groups in total. The average molecular weight is 572 g/mol. The predicted molar refractivity (Wildman–Crippen MR) is 161 cm³/mol. The fraction of sp³-hybridized carbons (Fsp3) is 0.750. The molecule has 1 rings (SSSR count). The molecule has 0 saturated carbocycles. The Bertz CT molecular complexity index is 703. The van der Waals surface area contributed by atoms with E-state index in [0.717, 1.165) is 38.5 Å². The van der Waals surface area contributed by atoms with Crippen molar-refractivity contribution in [3.63, 3.8) is 0 Å². The molecule has 4 nitrogen and oxygen atoms in total. The van der Waals surface area contributed by atoms with E-state index in [2.05, 4.69) is 13.8 Å². The first-order valence-corrected chi connectivity index (χ1v) is 16.1. The molecule has 0 aliphatic rings. The van der Waals surface area contributed by atoms with E-state index in [1.807, 2.05) is 0 Å². The van der Waals surface area contributed by atoms with Crippen LogP contribution in [-0.2, 0) is 9.47 Å². The van der Waals surface area contributed by atoms with E-state index in [1.54, 1.807) is 0 Å². The number of hydrogen-bond acceptors (Lipinski definition) is 4. The summed E-state index contributed by atoms with van der Waals surface area (Å²) in [5.41, 5.74) is 0.221. The van der Waals surface area contributed by atoms with Gasteiger partial charge in [-0.1, -0.05) is 153 Å². The zero-order valence-corrected chi connectivity index (χ0v) is 25.6. The lowest BCUT2D eigenvalue weighted by Gasteiger charge is -2.11. The Hall–Kier alpha value is -1.26. The van der Waals surface area contributed by atoms with E-state index in [4.69, 9.17) is 32.7 Å². The number of halogens is 2. The van der Waals surface area contributed by atoms with Gasteiger partial charge in [-0.05, 0) is 25.0 Å². The molecule has 0 aliphatic heterocycles. The van der Waals surface area contributed by atoms with Crippen molar-refractivity contribution in [2.75, 3.05) is 13.2 Å². The minimum atomic E-state index is -0.564. The summed E-state index contributed by atoms with van der Waals surface area (Å²) in [5.74, 6) is -1.13. The van der Waals surface area contributed by atoms with E-state index in [1.165, 1.54) is 102 Å². The molecule has 0 fully saturated rings. The third kappa shape index (κ3) is 16.6. The first kappa shape index (κ1) is 34.8. The van der Waals surface area contributed by atoms with Crippen molar-refractivity contribution < 1.29 is 19.1 Å². The fourth-order valence-corrected chi connectivity index (χ4v) is 4.88. The summed E-state index contributed by atoms with van der Waals surface area (Å²) >= 11 is 12.3. The van der Waals surface area contributed by atoms with Crippen molar-refractivity contribution in [3.05, 3.63) is 33.3 Å². The zero-order valence-electron chi connectivity index (χ0n) is 24.1. The lowest BCUT2D eigenvalue weighted by atomic mass is 10.1. The molecule has 0 saturated heterocycles. The second-order valence-electron chi connectivity index (χ2n) is 10.4. The molecule has 1 aromatic rings. The SMILES string of the molecule is CCCCCCCCCCCCOC(=O)c1cc(Cl)c(Cl)cc1C(=O)OCCCCCCCCCCCC. The zero-order chi connectivity index (χ0) is 27.8. The molecule has 0 radical (unpaired) electrons. The van der Waals surface area contributed by atoms with Crippen molar-refractivity contribution in [3.8, 4) is 0 Å². The molecule has 0 unspecified atom stereocenters. The molecule has 6 heteroatoms. The minimum absolute atomic E-state index is 0.111. The van der Waals surface area contributed by atoms with Crippen LogP contribution in [0, 0.1) is 0 Å². The highest BCUT2D eigenvalue weighted by atomic mass is 35.5. The average Bonchev–Trinajstić information content (AvgIpc) is 2.91. The van der Waals surface area contributed by atoms with E-state index in [9.17, 15) is 9.59 Å². The third-order valence-electron chi connectivity index (χ3n) is 6.96. The Morgan fingerprint density at radius 2 is 0.763 bits per heavy atom. The molecule has 38 heavy (non-hydrogen) atoms. The lowest BCUT2D eigenvalue weighted by molar-refractivity contribution is 0.0450. The van der Waals surface area contributed by atoms with Gasteiger partial charge in [-0.25, -0.2) is 9.59 Å². The quantitative estimate of drug-likeness (QED) is 0.0915. The Labute approximate surface area is 242 Å². The van der Waals surface area contributed by atoms with E-state index in [-0.39, 0.29) is 21.2 Å².